The fourth-order valence-corrected chi connectivity index (χ4v) is 8.56. The summed E-state index contributed by atoms with van der Waals surface area (Å²) in [5, 5.41) is 14.3. The standard InChI is InChI=1S/C54H34N4/c55-35-36-20-22-37(23-21-36)42-33-49(38-12-4-1-5-13-38)56-50(34-42)41-26-29-54-48(32-41)47-31-40(25-28-53(47)58(54)44-16-8-3-9-17-44)39-24-27-52-46(30-39)45-18-10-11-19-51(45)57(52)43-14-6-2-7-15-43/h1-34H. The predicted octanol–water partition coefficient (Wildman–Crippen LogP) is 13.8. The van der Waals surface area contributed by atoms with Crippen molar-refractivity contribution in [3.63, 3.8) is 0 Å². The minimum Gasteiger partial charge on any atom is -0.309 e. The molecule has 0 saturated carbocycles. The number of aromatic nitrogens is 3. The van der Waals surface area contributed by atoms with Crippen molar-refractivity contribution in [2.45, 2.75) is 0 Å². The molecule has 4 nitrogen and oxygen atoms in total. The first-order valence-electron chi connectivity index (χ1n) is 19.5. The van der Waals surface area contributed by atoms with E-state index >= 15 is 0 Å². The number of pyridine rings is 1. The second kappa shape index (κ2) is 13.6. The lowest BCUT2D eigenvalue weighted by molar-refractivity contribution is 1.18. The molecule has 58 heavy (non-hydrogen) atoms. The minimum absolute atomic E-state index is 0.639. The highest BCUT2D eigenvalue weighted by atomic mass is 15.0. The van der Waals surface area contributed by atoms with Crippen LogP contribution in [0.2, 0.25) is 0 Å². The molecule has 0 amide bonds. The number of fused-ring (bicyclic) bond motifs is 6. The van der Waals surface area contributed by atoms with E-state index in [1.54, 1.807) is 0 Å². The van der Waals surface area contributed by atoms with Gasteiger partial charge in [0.05, 0.1) is 45.1 Å². The van der Waals surface area contributed by atoms with E-state index in [0.717, 1.165) is 67.0 Å². The van der Waals surface area contributed by atoms with Crippen molar-refractivity contribution >= 4 is 43.6 Å². The highest BCUT2D eigenvalue weighted by molar-refractivity contribution is 6.13. The third-order valence-corrected chi connectivity index (χ3v) is 11.3. The molecule has 3 heterocycles. The van der Waals surface area contributed by atoms with Crippen molar-refractivity contribution in [2.24, 2.45) is 0 Å². The Morgan fingerprint density at radius 1 is 0.328 bits per heavy atom. The lowest BCUT2D eigenvalue weighted by atomic mass is 9.98. The van der Waals surface area contributed by atoms with Gasteiger partial charge in [-0.1, -0.05) is 115 Å². The van der Waals surface area contributed by atoms with Gasteiger partial charge in [-0.15, -0.1) is 0 Å². The molecule has 8 aromatic carbocycles. The number of para-hydroxylation sites is 3. The number of rotatable bonds is 6. The number of nitriles is 1. The topological polar surface area (TPSA) is 46.5 Å². The molecule has 0 fully saturated rings. The van der Waals surface area contributed by atoms with Crippen LogP contribution in [0, 0.1) is 11.3 Å². The van der Waals surface area contributed by atoms with Crippen LogP contribution in [0.15, 0.2) is 206 Å². The van der Waals surface area contributed by atoms with Crippen LogP contribution in [0.25, 0.3) is 99.8 Å². The van der Waals surface area contributed by atoms with Gasteiger partial charge in [-0.25, -0.2) is 4.98 Å². The third kappa shape index (κ3) is 5.57. The van der Waals surface area contributed by atoms with Crippen molar-refractivity contribution in [2.75, 3.05) is 0 Å². The predicted molar refractivity (Wildman–Crippen MR) is 239 cm³/mol. The normalized spacial score (nSPS) is 11.4. The van der Waals surface area contributed by atoms with E-state index in [2.05, 4.69) is 179 Å². The van der Waals surface area contributed by atoms with Crippen LogP contribution >= 0.6 is 0 Å². The van der Waals surface area contributed by atoms with Crippen molar-refractivity contribution in [3.8, 4) is 62.2 Å². The Balaban J connectivity index is 1.11. The highest BCUT2D eigenvalue weighted by Gasteiger charge is 2.18. The zero-order valence-corrected chi connectivity index (χ0v) is 31.4. The molecule has 0 unspecified atom stereocenters. The lowest BCUT2D eigenvalue weighted by Crippen LogP contribution is -1.94. The molecule has 11 aromatic rings. The molecule has 270 valence electrons. The highest BCUT2D eigenvalue weighted by Crippen LogP contribution is 2.40. The van der Waals surface area contributed by atoms with Gasteiger partial charge in [0.15, 0.2) is 0 Å². The van der Waals surface area contributed by atoms with Gasteiger partial charge in [0.25, 0.3) is 0 Å². The van der Waals surface area contributed by atoms with Crippen LogP contribution in [-0.2, 0) is 0 Å². The van der Waals surface area contributed by atoms with E-state index in [-0.39, 0.29) is 0 Å². The van der Waals surface area contributed by atoms with E-state index in [9.17, 15) is 5.26 Å². The molecular weight excluding hydrogens is 705 g/mol. The van der Waals surface area contributed by atoms with Gasteiger partial charge in [-0.2, -0.15) is 5.26 Å². The van der Waals surface area contributed by atoms with Crippen molar-refractivity contribution in [1.29, 1.82) is 5.26 Å². The molecular formula is C54H34N4. The van der Waals surface area contributed by atoms with Gasteiger partial charge in [0.1, 0.15) is 0 Å². The van der Waals surface area contributed by atoms with Crippen molar-refractivity contribution in [3.05, 3.63) is 212 Å². The Bertz CT molecular complexity index is 3370. The fraction of sp³-hybridized carbons (Fsp3) is 0. The molecule has 4 heteroatoms. The maximum absolute atomic E-state index is 9.46. The molecule has 0 bridgehead atoms. The van der Waals surface area contributed by atoms with Gasteiger partial charge in [-0.3, -0.25) is 0 Å². The average Bonchev–Trinajstić information content (AvgIpc) is 3.81. The van der Waals surface area contributed by atoms with Crippen LogP contribution < -0.4 is 0 Å². The first kappa shape index (κ1) is 33.3. The van der Waals surface area contributed by atoms with Gasteiger partial charge in [-0.05, 0) is 113 Å². The second-order valence-corrected chi connectivity index (χ2v) is 14.7. The molecule has 0 aliphatic carbocycles. The van der Waals surface area contributed by atoms with Crippen LogP contribution in [0.1, 0.15) is 5.56 Å². The van der Waals surface area contributed by atoms with Gasteiger partial charge < -0.3 is 9.13 Å². The minimum atomic E-state index is 0.639. The number of nitrogens with zero attached hydrogens (tertiary/aromatic N) is 4. The van der Waals surface area contributed by atoms with Crippen LogP contribution in [0.3, 0.4) is 0 Å². The molecule has 0 aliphatic rings. The van der Waals surface area contributed by atoms with E-state index in [0.29, 0.717) is 5.56 Å². The monoisotopic (exact) mass is 738 g/mol. The average molecular weight is 739 g/mol. The van der Waals surface area contributed by atoms with Crippen molar-refractivity contribution in [1.82, 2.24) is 14.1 Å². The smallest absolute Gasteiger partial charge is 0.0991 e. The number of hydrogen-bond donors (Lipinski definition) is 0. The summed E-state index contributed by atoms with van der Waals surface area (Å²) in [6, 6.07) is 75.0. The molecule has 0 N–H and O–H groups in total. The van der Waals surface area contributed by atoms with Gasteiger partial charge in [0.2, 0.25) is 0 Å². The largest absolute Gasteiger partial charge is 0.309 e. The molecule has 0 aliphatic heterocycles. The Morgan fingerprint density at radius 2 is 0.759 bits per heavy atom. The summed E-state index contributed by atoms with van der Waals surface area (Å²) in [6.45, 7) is 0. The summed E-state index contributed by atoms with van der Waals surface area (Å²) in [6.07, 6.45) is 0. The summed E-state index contributed by atoms with van der Waals surface area (Å²) >= 11 is 0. The fourth-order valence-electron chi connectivity index (χ4n) is 8.56. The van der Waals surface area contributed by atoms with Crippen molar-refractivity contribution < 1.29 is 0 Å². The zero-order valence-electron chi connectivity index (χ0n) is 31.4. The quantitative estimate of drug-likeness (QED) is 0.170. The Labute approximate surface area is 335 Å². The summed E-state index contributed by atoms with van der Waals surface area (Å²) in [7, 11) is 0. The van der Waals surface area contributed by atoms with E-state index in [1.807, 2.05) is 42.5 Å². The maximum Gasteiger partial charge on any atom is 0.0991 e. The van der Waals surface area contributed by atoms with Crippen LogP contribution in [0.5, 0.6) is 0 Å². The summed E-state index contributed by atoms with van der Waals surface area (Å²) < 4.78 is 4.73. The molecule has 3 aromatic heterocycles. The molecule has 0 spiro atoms. The first-order chi connectivity index (χ1) is 28.7. The summed E-state index contributed by atoms with van der Waals surface area (Å²) in [5.41, 5.74) is 15.9. The van der Waals surface area contributed by atoms with E-state index in [1.165, 1.54) is 32.8 Å². The molecule has 0 atom stereocenters. The molecule has 0 saturated heterocycles. The second-order valence-electron chi connectivity index (χ2n) is 14.7. The Hall–Kier alpha value is -8.00. The van der Waals surface area contributed by atoms with E-state index < -0.39 is 0 Å². The lowest BCUT2D eigenvalue weighted by Gasteiger charge is -2.11. The zero-order chi connectivity index (χ0) is 38.6. The number of hydrogen-bond acceptors (Lipinski definition) is 2. The van der Waals surface area contributed by atoms with Crippen LogP contribution in [-0.4, -0.2) is 14.1 Å². The first-order valence-corrected chi connectivity index (χ1v) is 19.5. The number of benzene rings is 8. The van der Waals surface area contributed by atoms with E-state index in [4.69, 9.17) is 4.98 Å². The SMILES string of the molecule is N#Cc1ccc(-c2cc(-c3ccccc3)nc(-c3ccc4c(c3)c3cc(-c5ccc6c(c5)c5ccccc5n6-c5ccccc5)ccc3n4-c3ccccc3)c2)cc1. The Kier molecular flexibility index (Phi) is 7.84. The van der Waals surface area contributed by atoms with Gasteiger partial charge in [0, 0.05) is 44.0 Å². The molecule has 0 radical (unpaired) electrons. The van der Waals surface area contributed by atoms with Crippen LogP contribution in [0.4, 0.5) is 0 Å². The maximum atomic E-state index is 9.46. The van der Waals surface area contributed by atoms with Gasteiger partial charge >= 0.3 is 0 Å². The summed E-state index contributed by atoms with van der Waals surface area (Å²) in [4.78, 5) is 5.27. The third-order valence-electron chi connectivity index (χ3n) is 11.3. The summed E-state index contributed by atoms with van der Waals surface area (Å²) in [5.74, 6) is 0. The molecule has 11 rings (SSSR count). The Morgan fingerprint density at radius 3 is 1.33 bits per heavy atom.